The van der Waals surface area contributed by atoms with Crippen LogP contribution in [-0.2, 0) is 6.54 Å². The molecule has 0 N–H and O–H groups in total. The molecule has 0 aliphatic heterocycles. The molecular formula is C15H17N5. The van der Waals surface area contributed by atoms with E-state index >= 15 is 0 Å². The van der Waals surface area contributed by atoms with Crippen LogP contribution in [0.15, 0.2) is 36.9 Å². The maximum absolute atomic E-state index is 4.45. The van der Waals surface area contributed by atoms with Crippen molar-refractivity contribution in [2.24, 2.45) is 0 Å². The molecule has 0 atom stereocenters. The molecule has 0 saturated heterocycles. The van der Waals surface area contributed by atoms with Gasteiger partial charge in [-0.05, 0) is 12.5 Å². The van der Waals surface area contributed by atoms with Gasteiger partial charge >= 0.3 is 0 Å². The van der Waals surface area contributed by atoms with Gasteiger partial charge in [-0.1, -0.05) is 29.8 Å². The summed E-state index contributed by atoms with van der Waals surface area (Å²) in [6.07, 6.45) is 3.42. The van der Waals surface area contributed by atoms with Gasteiger partial charge in [-0.3, -0.25) is 0 Å². The van der Waals surface area contributed by atoms with Gasteiger partial charge in [0, 0.05) is 14.1 Å². The molecule has 20 heavy (non-hydrogen) atoms. The molecule has 3 aromatic rings. The predicted molar refractivity (Wildman–Crippen MR) is 79.9 cm³/mol. The summed E-state index contributed by atoms with van der Waals surface area (Å²) in [5.41, 5.74) is 4.21. The molecule has 0 saturated carbocycles. The Kier molecular flexibility index (Phi) is 3.10. The molecule has 1 aromatic carbocycles. The first-order chi connectivity index (χ1) is 9.65. The van der Waals surface area contributed by atoms with Crippen molar-refractivity contribution < 1.29 is 0 Å². The minimum absolute atomic E-state index is 0.766. The van der Waals surface area contributed by atoms with E-state index in [0.717, 1.165) is 23.5 Å². The van der Waals surface area contributed by atoms with E-state index in [0.29, 0.717) is 0 Å². The zero-order chi connectivity index (χ0) is 14.1. The first-order valence-electron chi connectivity index (χ1n) is 6.54. The Morgan fingerprint density at radius 2 is 2.00 bits per heavy atom. The van der Waals surface area contributed by atoms with Crippen molar-refractivity contribution in [3.63, 3.8) is 0 Å². The van der Waals surface area contributed by atoms with E-state index in [9.17, 15) is 0 Å². The molecule has 2 aromatic heterocycles. The largest absolute Gasteiger partial charge is 0.361 e. The van der Waals surface area contributed by atoms with Gasteiger partial charge in [0.2, 0.25) is 0 Å². The normalized spacial score (nSPS) is 10.9. The summed E-state index contributed by atoms with van der Waals surface area (Å²) in [6.45, 7) is 2.86. The van der Waals surface area contributed by atoms with E-state index in [1.807, 2.05) is 25.3 Å². The standard InChI is InChI=1S/C15H17N5/c1-11-5-4-6-12(7-11)8-20-10-18-13-14(19(2)3)16-9-17-15(13)20/h4-7,9-10H,8H2,1-3H3. The maximum Gasteiger partial charge on any atom is 0.165 e. The van der Waals surface area contributed by atoms with E-state index < -0.39 is 0 Å². The van der Waals surface area contributed by atoms with Gasteiger partial charge in [0.25, 0.3) is 0 Å². The first kappa shape index (κ1) is 12.6. The average molecular weight is 267 g/mol. The number of fused-ring (bicyclic) bond motifs is 1. The molecule has 102 valence electrons. The Balaban J connectivity index is 2.03. The highest BCUT2D eigenvalue weighted by molar-refractivity contribution is 5.83. The monoisotopic (exact) mass is 267 g/mol. The van der Waals surface area contributed by atoms with Crippen molar-refractivity contribution in [1.29, 1.82) is 0 Å². The minimum Gasteiger partial charge on any atom is -0.361 e. The van der Waals surface area contributed by atoms with Crippen LogP contribution in [0.25, 0.3) is 11.2 Å². The third-order valence-electron chi connectivity index (χ3n) is 3.24. The number of imidazole rings is 1. The second kappa shape index (κ2) is 4.92. The smallest absolute Gasteiger partial charge is 0.165 e. The highest BCUT2D eigenvalue weighted by Crippen LogP contribution is 2.20. The van der Waals surface area contributed by atoms with Crippen LogP contribution < -0.4 is 4.90 Å². The van der Waals surface area contributed by atoms with E-state index in [2.05, 4.69) is 50.7 Å². The highest BCUT2D eigenvalue weighted by atomic mass is 15.2. The summed E-state index contributed by atoms with van der Waals surface area (Å²) in [5.74, 6) is 0.845. The summed E-state index contributed by atoms with van der Waals surface area (Å²) in [6, 6.07) is 8.47. The molecule has 0 bridgehead atoms. The lowest BCUT2D eigenvalue weighted by atomic mass is 10.1. The highest BCUT2D eigenvalue weighted by Gasteiger charge is 2.11. The van der Waals surface area contributed by atoms with Crippen molar-refractivity contribution in [3.8, 4) is 0 Å². The summed E-state index contributed by atoms with van der Waals surface area (Å²) in [4.78, 5) is 15.1. The van der Waals surface area contributed by atoms with Crippen LogP contribution in [0.2, 0.25) is 0 Å². The molecule has 0 unspecified atom stereocenters. The lowest BCUT2D eigenvalue weighted by molar-refractivity contribution is 0.812. The van der Waals surface area contributed by atoms with Crippen LogP contribution in [0.4, 0.5) is 5.82 Å². The molecule has 0 aliphatic carbocycles. The quantitative estimate of drug-likeness (QED) is 0.730. The number of benzene rings is 1. The number of hydrogen-bond acceptors (Lipinski definition) is 4. The van der Waals surface area contributed by atoms with E-state index in [4.69, 9.17) is 0 Å². The number of anilines is 1. The van der Waals surface area contributed by atoms with Crippen LogP contribution >= 0.6 is 0 Å². The average Bonchev–Trinajstić information content (AvgIpc) is 2.82. The molecule has 0 spiro atoms. The lowest BCUT2D eigenvalue weighted by Crippen LogP contribution is -2.11. The maximum atomic E-state index is 4.45. The lowest BCUT2D eigenvalue weighted by Gasteiger charge is -2.11. The van der Waals surface area contributed by atoms with Crippen molar-refractivity contribution in [2.45, 2.75) is 13.5 Å². The topological polar surface area (TPSA) is 46.8 Å². The van der Waals surface area contributed by atoms with Crippen LogP contribution in [0.3, 0.4) is 0 Å². The van der Waals surface area contributed by atoms with Crippen molar-refractivity contribution in [1.82, 2.24) is 19.5 Å². The van der Waals surface area contributed by atoms with Crippen molar-refractivity contribution in [3.05, 3.63) is 48.0 Å². The Hall–Kier alpha value is -2.43. The van der Waals surface area contributed by atoms with Gasteiger partial charge in [0.1, 0.15) is 6.33 Å². The number of rotatable bonds is 3. The van der Waals surface area contributed by atoms with Crippen LogP contribution in [0, 0.1) is 6.92 Å². The molecule has 0 amide bonds. The summed E-state index contributed by atoms with van der Waals surface area (Å²) >= 11 is 0. The van der Waals surface area contributed by atoms with Gasteiger partial charge in [0.05, 0.1) is 12.9 Å². The zero-order valence-corrected chi connectivity index (χ0v) is 11.9. The zero-order valence-electron chi connectivity index (χ0n) is 11.9. The van der Waals surface area contributed by atoms with Gasteiger partial charge in [-0.2, -0.15) is 0 Å². The molecule has 0 aliphatic rings. The molecule has 0 fully saturated rings. The molecule has 0 radical (unpaired) electrons. The number of aromatic nitrogens is 4. The van der Waals surface area contributed by atoms with Crippen molar-refractivity contribution >= 4 is 17.0 Å². The Morgan fingerprint density at radius 1 is 1.15 bits per heavy atom. The SMILES string of the molecule is Cc1cccc(Cn2cnc3c(N(C)C)ncnc32)c1. The third-order valence-corrected chi connectivity index (χ3v) is 3.24. The third kappa shape index (κ3) is 2.22. The number of nitrogens with zero attached hydrogens (tertiary/aromatic N) is 5. The number of hydrogen-bond donors (Lipinski definition) is 0. The van der Waals surface area contributed by atoms with Crippen LogP contribution in [0.1, 0.15) is 11.1 Å². The van der Waals surface area contributed by atoms with Gasteiger partial charge in [-0.15, -0.1) is 0 Å². The van der Waals surface area contributed by atoms with E-state index in [1.165, 1.54) is 11.1 Å². The number of aryl methyl sites for hydroxylation is 1. The van der Waals surface area contributed by atoms with Crippen LogP contribution in [-0.4, -0.2) is 33.6 Å². The first-order valence-corrected chi connectivity index (χ1v) is 6.54. The summed E-state index contributed by atoms with van der Waals surface area (Å²) in [5, 5.41) is 0. The summed E-state index contributed by atoms with van der Waals surface area (Å²) in [7, 11) is 3.92. The molecule has 5 nitrogen and oxygen atoms in total. The molecule has 2 heterocycles. The second-order valence-electron chi connectivity index (χ2n) is 5.13. The molecular weight excluding hydrogens is 250 g/mol. The fourth-order valence-corrected chi connectivity index (χ4v) is 2.32. The summed E-state index contributed by atoms with van der Waals surface area (Å²) < 4.78 is 2.05. The van der Waals surface area contributed by atoms with Gasteiger partial charge < -0.3 is 9.47 Å². The Morgan fingerprint density at radius 3 is 2.75 bits per heavy atom. The molecule has 5 heteroatoms. The Labute approximate surface area is 117 Å². The Bertz CT molecular complexity index is 745. The van der Waals surface area contributed by atoms with Gasteiger partial charge in [-0.25, -0.2) is 15.0 Å². The second-order valence-corrected chi connectivity index (χ2v) is 5.13. The minimum atomic E-state index is 0.766. The molecule has 3 rings (SSSR count). The predicted octanol–water partition coefficient (Wildman–Crippen LogP) is 2.25. The van der Waals surface area contributed by atoms with E-state index in [1.54, 1.807) is 6.33 Å². The van der Waals surface area contributed by atoms with Gasteiger partial charge in [0.15, 0.2) is 17.0 Å². The fraction of sp³-hybridized carbons (Fsp3) is 0.267. The van der Waals surface area contributed by atoms with Crippen molar-refractivity contribution in [2.75, 3.05) is 19.0 Å². The van der Waals surface area contributed by atoms with Crippen LogP contribution in [0.5, 0.6) is 0 Å². The fourth-order valence-electron chi connectivity index (χ4n) is 2.32. The van der Waals surface area contributed by atoms with E-state index in [-0.39, 0.29) is 0 Å².